The molecule has 2 rings (SSSR count). The van der Waals surface area contributed by atoms with Crippen LogP contribution in [0.4, 0.5) is 13.2 Å². The quantitative estimate of drug-likeness (QED) is 0.362. The van der Waals surface area contributed by atoms with Gasteiger partial charge in [0, 0.05) is 38.1 Å². The fraction of sp³-hybridized carbons (Fsp3) is 0.714. The van der Waals surface area contributed by atoms with Gasteiger partial charge in [-0.3, -0.25) is 4.90 Å². The first-order chi connectivity index (χ1) is 11.5. The van der Waals surface area contributed by atoms with Gasteiger partial charge < -0.3 is 15.4 Å². The Morgan fingerprint density at radius 1 is 1.36 bits per heavy atom. The summed E-state index contributed by atoms with van der Waals surface area (Å²) in [6.07, 6.45) is -4.40. The van der Waals surface area contributed by atoms with E-state index in [1.54, 1.807) is 0 Å². The van der Waals surface area contributed by atoms with E-state index in [2.05, 4.69) is 25.5 Å². The number of morpholine rings is 1. The first kappa shape index (κ1) is 22.4. The van der Waals surface area contributed by atoms with Crippen LogP contribution >= 0.6 is 35.3 Å². The maximum Gasteiger partial charge on any atom is 0.434 e. The van der Waals surface area contributed by atoms with Gasteiger partial charge in [0.2, 0.25) is 0 Å². The Bertz CT molecular complexity index is 535. The second-order valence-electron chi connectivity index (χ2n) is 5.20. The second-order valence-corrected chi connectivity index (χ2v) is 6.14. The number of hydrogen-bond acceptors (Lipinski definition) is 5. The molecule has 1 aliphatic heterocycles. The van der Waals surface area contributed by atoms with Crippen LogP contribution in [0.1, 0.15) is 17.6 Å². The number of halogens is 4. The van der Waals surface area contributed by atoms with Crippen molar-refractivity contribution in [3.8, 4) is 0 Å². The molecule has 1 saturated heterocycles. The number of nitrogens with one attached hydrogen (secondary N) is 2. The van der Waals surface area contributed by atoms with Gasteiger partial charge in [0.25, 0.3) is 0 Å². The Balaban J connectivity index is 0.00000312. The van der Waals surface area contributed by atoms with Gasteiger partial charge in [-0.1, -0.05) is 0 Å². The van der Waals surface area contributed by atoms with E-state index in [1.807, 2.05) is 6.92 Å². The normalized spacial score (nSPS) is 16.4. The van der Waals surface area contributed by atoms with E-state index in [0.717, 1.165) is 49.6 Å². The molecular weight excluding hydrogens is 470 g/mol. The SMILES string of the molecule is CCNC(=NCc1nc(C(F)(F)F)cs1)NCCN1CCOCC1.I. The van der Waals surface area contributed by atoms with Gasteiger partial charge in [-0.15, -0.1) is 35.3 Å². The molecule has 1 fully saturated rings. The predicted octanol–water partition coefficient (Wildman–Crippen LogP) is 2.17. The minimum absolute atomic E-state index is 0. The number of guanidine groups is 1. The summed E-state index contributed by atoms with van der Waals surface area (Å²) in [5, 5.41) is 7.62. The minimum atomic E-state index is -4.40. The first-order valence-electron chi connectivity index (χ1n) is 7.83. The van der Waals surface area contributed by atoms with Crippen molar-refractivity contribution in [2.75, 3.05) is 45.9 Å². The average Bonchev–Trinajstić information content (AvgIpc) is 3.03. The maximum absolute atomic E-state index is 12.5. The van der Waals surface area contributed by atoms with Crippen LogP contribution in [-0.4, -0.2) is 61.8 Å². The molecule has 0 spiro atoms. The van der Waals surface area contributed by atoms with Crippen LogP contribution in [-0.2, 0) is 17.5 Å². The number of aliphatic imine (C=N–C) groups is 1. The fourth-order valence-corrected chi connectivity index (χ4v) is 2.88. The van der Waals surface area contributed by atoms with Crippen molar-refractivity contribution >= 4 is 41.3 Å². The summed E-state index contributed by atoms with van der Waals surface area (Å²) in [6.45, 7) is 7.62. The third-order valence-corrected chi connectivity index (χ3v) is 4.22. The third-order valence-electron chi connectivity index (χ3n) is 3.38. The van der Waals surface area contributed by atoms with Crippen molar-refractivity contribution in [3.05, 3.63) is 16.1 Å². The molecule has 25 heavy (non-hydrogen) atoms. The number of ether oxygens (including phenoxy) is 1. The van der Waals surface area contributed by atoms with Gasteiger partial charge in [-0.2, -0.15) is 13.2 Å². The van der Waals surface area contributed by atoms with Crippen molar-refractivity contribution in [1.82, 2.24) is 20.5 Å². The summed E-state index contributed by atoms with van der Waals surface area (Å²) in [4.78, 5) is 10.2. The van der Waals surface area contributed by atoms with Crippen LogP contribution in [0.2, 0.25) is 0 Å². The molecule has 6 nitrogen and oxygen atoms in total. The maximum atomic E-state index is 12.5. The summed E-state index contributed by atoms with van der Waals surface area (Å²) in [5.74, 6) is 0.578. The zero-order valence-electron chi connectivity index (χ0n) is 13.9. The van der Waals surface area contributed by atoms with Crippen LogP contribution in [0.25, 0.3) is 0 Å². The molecule has 0 atom stereocenters. The molecule has 11 heteroatoms. The van der Waals surface area contributed by atoms with Crippen LogP contribution in [0.15, 0.2) is 10.4 Å². The van der Waals surface area contributed by atoms with Crippen LogP contribution in [0, 0.1) is 0 Å². The third kappa shape index (κ3) is 8.05. The zero-order chi connectivity index (χ0) is 17.4. The second kappa shape index (κ2) is 11.1. The lowest BCUT2D eigenvalue weighted by atomic mass is 10.4. The molecule has 144 valence electrons. The zero-order valence-corrected chi connectivity index (χ0v) is 17.1. The standard InChI is InChI=1S/C14H22F3N5OS.HI/c1-2-18-13(19-3-4-22-5-7-23-8-6-22)20-9-12-21-11(10-24-12)14(15,16)17;/h10H,2-9H2,1H3,(H2,18,19,20);1H. The Kier molecular flexibility index (Phi) is 9.97. The fourth-order valence-electron chi connectivity index (χ4n) is 2.16. The van der Waals surface area contributed by atoms with Gasteiger partial charge in [0.15, 0.2) is 11.7 Å². The molecular formula is C14H23F3IN5OS. The van der Waals surface area contributed by atoms with Gasteiger partial charge in [-0.05, 0) is 6.92 Å². The number of rotatable bonds is 6. The van der Waals surface area contributed by atoms with Gasteiger partial charge in [0.05, 0.1) is 19.8 Å². The summed E-state index contributed by atoms with van der Waals surface area (Å²) < 4.78 is 42.9. The van der Waals surface area contributed by atoms with Crippen molar-refractivity contribution in [2.45, 2.75) is 19.6 Å². The Morgan fingerprint density at radius 2 is 2.08 bits per heavy atom. The molecule has 0 aliphatic carbocycles. The molecule has 1 aliphatic rings. The van der Waals surface area contributed by atoms with Gasteiger partial charge in [-0.25, -0.2) is 9.98 Å². The van der Waals surface area contributed by atoms with Crippen molar-refractivity contribution < 1.29 is 17.9 Å². The van der Waals surface area contributed by atoms with Crippen LogP contribution < -0.4 is 10.6 Å². The predicted molar refractivity (Wildman–Crippen MR) is 103 cm³/mol. The average molecular weight is 493 g/mol. The van der Waals surface area contributed by atoms with E-state index in [1.165, 1.54) is 0 Å². The number of nitrogens with zero attached hydrogens (tertiary/aromatic N) is 3. The highest BCUT2D eigenvalue weighted by atomic mass is 127. The molecule has 0 radical (unpaired) electrons. The Morgan fingerprint density at radius 3 is 2.68 bits per heavy atom. The van der Waals surface area contributed by atoms with Crippen LogP contribution in [0.3, 0.4) is 0 Å². The lowest BCUT2D eigenvalue weighted by molar-refractivity contribution is -0.140. The highest BCUT2D eigenvalue weighted by molar-refractivity contribution is 14.0. The van der Waals surface area contributed by atoms with Gasteiger partial charge in [0.1, 0.15) is 5.01 Å². The monoisotopic (exact) mass is 493 g/mol. The summed E-state index contributed by atoms with van der Waals surface area (Å²) >= 11 is 0.967. The molecule has 0 saturated carbocycles. The van der Waals surface area contributed by atoms with E-state index >= 15 is 0 Å². The topological polar surface area (TPSA) is 61.8 Å². The minimum Gasteiger partial charge on any atom is -0.379 e. The smallest absolute Gasteiger partial charge is 0.379 e. The van der Waals surface area contributed by atoms with E-state index in [-0.39, 0.29) is 30.5 Å². The number of hydrogen-bond donors (Lipinski definition) is 2. The summed E-state index contributed by atoms with van der Waals surface area (Å²) in [7, 11) is 0. The highest BCUT2D eigenvalue weighted by Crippen LogP contribution is 2.30. The molecule has 1 aromatic rings. The van der Waals surface area contributed by atoms with E-state index in [0.29, 0.717) is 24.1 Å². The van der Waals surface area contributed by atoms with Crippen LogP contribution in [0.5, 0.6) is 0 Å². The summed E-state index contributed by atoms with van der Waals surface area (Å²) in [6, 6.07) is 0. The molecule has 2 N–H and O–H groups in total. The van der Waals surface area contributed by atoms with Crippen molar-refractivity contribution in [2.24, 2.45) is 4.99 Å². The molecule has 0 bridgehead atoms. The molecule has 0 amide bonds. The Hall–Kier alpha value is -0.660. The highest BCUT2D eigenvalue weighted by Gasteiger charge is 2.33. The van der Waals surface area contributed by atoms with E-state index < -0.39 is 11.9 Å². The first-order valence-corrected chi connectivity index (χ1v) is 8.71. The van der Waals surface area contributed by atoms with E-state index in [9.17, 15) is 13.2 Å². The van der Waals surface area contributed by atoms with Crippen molar-refractivity contribution in [3.63, 3.8) is 0 Å². The number of thiazole rings is 1. The molecule has 0 aromatic carbocycles. The summed E-state index contributed by atoms with van der Waals surface area (Å²) in [5.41, 5.74) is -0.858. The molecule has 1 aromatic heterocycles. The lowest BCUT2D eigenvalue weighted by Gasteiger charge is -2.26. The van der Waals surface area contributed by atoms with E-state index in [4.69, 9.17) is 4.74 Å². The lowest BCUT2D eigenvalue weighted by Crippen LogP contribution is -2.44. The molecule has 0 unspecified atom stereocenters. The Labute approximate surface area is 166 Å². The largest absolute Gasteiger partial charge is 0.434 e. The number of alkyl halides is 3. The van der Waals surface area contributed by atoms with Crippen molar-refractivity contribution in [1.29, 1.82) is 0 Å². The molecule has 2 heterocycles. The number of aromatic nitrogens is 1. The van der Waals surface area contributed by atoms with Gasteiger partial charge >= 0.3 is 6.18 Å².